The molecule has 5 nitrogen and oxygen atoms in total. The summed E-state index contributed by atoms with van der Waals surface area (Å²) in [5, 5.41) is 5.64. The van der Waals surface area contributed by atoms with Crippen LogP contribution in [0.5, 0.6) is 5.75 Å². The van der Waals surface area contributed by atoms with Gasteiger partial charge in [-0.3, -0.25) is 9.59 Å². The van der Waals surface area contributed by atoms with Gasteiger partial charge in [-0.25, -0.2) is 0 Å². The zero-order valence-electron chi connectivity index (χ0n) is 15.8. The van der Waals surface area contributed by atoms with Gasteiger partial charge in [0.15, 0.2) is 0 Å². The van der Waals surface area contributed by atoms with Gasteiger partial charge >= 0.3 is 0 Å². The number of anilines is 2. The summed E-state index contributed by atoms with van der Waals surface area (Å²) < 4.78 is 5.25. The highest BCUT2D eigenvalue weighted by molar-refractivity contribution is 8.01. The normalized spacial score (nSPS) is 14.7. The number of amides is 2. The van der Waals surface area contributed by atoms with Crippen molar-refractivity contribution >= 4 is 35.0 Å². The highest BCUT2D eigenvalue weighted by Gasteiger charge is 2.28. The van der Waals surface area contributed by atoms with Crippen molar-refractivity contribution in [1.29, 1.82) is 0 Å². The highest BCUT2D eigenvalue weighted by Crippen LogP contribution is 2.37. The van der Waals surface area contributed by atoms with Crippen LogP contribution in [-0.4, -0.2) is 24.2 Å². The lowest BCUT2D eigenvalue weighted by atomic mass is 10.1. The standard InChI is InChI=1S/C23H20N2O3S/c1-28-19-8-4-3-7-18(19)25-22(26)15-10-12-17(13-11-15)24-23(27)21-14-16-6-2-5-9-20(16)29-21/h2-13,21H,14H2,1H3,(H,24,27)(H,25,26). The number of nitrogens with one attached hydrogen (secondary N) is 2. The summed E-state index contributed by atoms with van der Waals surface area (Å²) in [5.41, 5.74) is 2.98. The van der Waals surface area contributed by atoms with Crippen molar-refractivity contribution < 1.29 is 14.3 Å². The van der Waals surface area contributed by atoms with Crippen molar-refractivity contribution in [3.8, 4) is 5.75 Å². The lowest BCUT2D eigenvalue weighted by Gasteiger charge is -2.12. The van der Waals surface area contributed by atoms with Crippen molar-refractivity contribution in [2.45, 2.75) is 16.6 Å². The second-order valence-electron chi connectivity index (χ2n) is 6.64. The van der Waals surface area contributed by atoms with Crippen LogP contribution < -0.4 is 15.4 Å². The van der Waals surface area contributed by atoms with Crippen molar-refractivity contribution in [1.82, 2.24) is 0 Å². The smallest absolute Gasteiger partial charge is 0.255 e. The quantitative estimate of drug-likeness (QED) is 0.652. The van der Waals surface area contributed by atoms with Crippen LogP contribution >= 0.6 is 11.8 Å². The number of para-hydroxylation sites is 2. The van der Waals surface area contributed by atoms with Crippen LogP contribution in [0.2, 0.25) is 0 Å². The molecule has 0 saturated carbocycles. The van der Waals surface area contributed by atoms with Crippen LogP contribution in [0.3, 0.4) is 0 Å². The number of hydrogen-bond donors (Lipinski definition) is 2. The molecular formula is C23H20N2O3S. The molecule has 0 fully saturated rings. The molecule has 1 aliphatic rings. The Kier molecular flexibility index (Phi) is 5.53. The summed E-state index contributed by atoms with van der Waals surface area (Å²) in [6.07, 6.45) is 0.728. The summed E-state index contributed by atoms with van der Waals surface area (Å²) in [7, 11) is 1.56. The third-order valence-corrected chi connectivity index (χ3v) is 6.03. The van der Waals surface area contributed by atoms with Crippen LogP contribution in [0.1, 0.15) is 15.9 Å². The van der Waals surface area contributed by atoms with E-state index in [9.17, 15) is 9.59 Å². The maximum absolute atomic E-state index is 12.6. The van der Waals surface area contributed by atoms with E-state index in [4.69, 9.17) is 4.74 Å². The molecule has 0 spiro atoms. The first-order valence-corrected chi connectivity index (χ1v) is 10.1. The van der Waals surface area contributed by atoms with E-state index < -0.39 is 0 Å². The number of hydrogen-bond acceptors (Lipinski definition) is 4. The fraction of sp³-hybridized carbons (Fsp3) is 0.130. The summed E-state index contributed by atoms with van der Waals surface area (Å²) in [6.45, 7) is 0. The van der Waals surface area contributed by atoms with Crippen LogP contribution in [0.25, 0.3) is 0 Å². The minimum atomic E-state index is -0.242. The average Bonchev–Trinajstić information content (AvgIpc) is 3.19. The van der Waals surface area contributed by atoms with Crippen molar-refractivity contribution in [2.24, 2.45) is 0 Å². The van der Waals surface area contributed by atoms with Gasteiger partial charge in [-0.05, 0) is 54.4 Å². The van der Waals surface area contributed by atoms with Crippen LogP contribution in [0, 0.1) is 0 Å². The molecule has 4 rings (SSSR count). The molecule has 3 aromatic rings. The molecule has 0 radical (unpaired) electrons. The molecule has 3 aromatic carbocycles. The van der Waals surface area contributed by atoms with E-state index in [0.717, 1.165) is 11.3 Å². The number of methoxy groups -OCH3 is 1. The van der Waals surface area contributed by atoms with Gasteiger partial charge in [-0.2, -0.15) is 0 Å². The molecule has 2 amide bonds. The lowest BCUT2D eigenvalue weighted by molar-refractivity contribution is -0.115. The predicted molar refractivity (Wildman–Crippen MR) is 116 cm³/mol. The average molecular weight is 404 g/mol. The minimum Gasteiger partial charge on any atom is -0.495 e. The largest absolute Gasteiger partial charge is 0.495 e. The molecular weight excluding hydrogens is 384 g/mol. The van der Waals surface area contributed by atoms with Gasteiger partial charge < -0.3 is 15.4 Å². The Bertz CT molecular complexity index is 1020. The van der Waals surface area contributed by atoms with Gasteiger partial charge in [0.2, 0.25) is 5.91 Å². The molecule has 1 heterocycles. The Morgan fingerprint density at radius 1 is 0.931 bits per heavy atom. The molecule has 0 aliphatic carbocycles. The third kappa shape index (κ3) is 4.27. The van der Waals surface area contributed by atoms with Gasteiger partial charge in [0, 0.05) is 16.1 Å². The lowest BCUT2D eigenvalue weighted by Crippen LogP contribution is -2.24. The number of carbonyl (C=O) groups excluding carboxylic acids is 2. The zero-order valence-corrected chi connectivity index (χ0v) is 16.7. The number of benzene rings is 3. The van der Waals surface area contributed by atoms with Gasteiger partial charge in [-0.1, -0.05) is 30.3 Å². The molecule has 6 heteroatoms. The van der Waals surface area contributed by atoms with Gasteiger partial charge in [0.25, 0.3) is 5.91 Å². The molecule has 0 bridgehead atoms. The van der Waals surface area contributed by atoms with Crippen LogP contribution in [0.15, 0.2) is 77.7 Å². The van der Waals surface area contributed by atoms with E-state index in [1.54, 1.807) is 55.3 Å². The Balaban J connectivity index is 1.38. The first kappa shape index (κ1) is 19.1. The fourth-order valence-corrected chi connectivity index (χ4v) is 4.39. The van der Waals surface area contributed by atoms with E-state index in [2.05, 4.69) is 16.7 Å². The monoisotopic (exact) mass is 404 g/mol. The first-order valence-electron chi connectivity index (χ1n) is 9.24. The third-order valence-electron chi connectivity index (χ3n) is 4.71. The predicted octanol–water partition coefficient (Wildman–Crippen LogP) is 4.60. The summed E-state index contributed by atoms with van der Waals surface area (Å²) >= 11 is 1.59. The topological polar surface area (TPSA) is 67.4 Å². The SMILES string of the molecule is COc1ccccc1NC(=O)c1ccc(NC(=O)C2Cc3ccccc3S2)cc1. The van der Waals surface area contributed by atoms with Crippen molar-refractivity contribution in [3.05, 3.63) is 83.9 Å². The number of fused-ring (bicyclic) bond motifs is 1. The van der Waals surface area contributed by atoms with Crippen LogP contribution in [-0.2, 0) is 11.2 Å². The maximum atomic E-state index is 12.6. The summed E-state index contributed by atoms with van der Waals surface area (Å²) in [6, 6.07) is 22.2. The Morgan fingerprint density at radius 3 is 2.41 bits per heavy atom. The zero-order chi connectivity index (χ0) is 20.2. The second-order valence-corrected chi connectivity index (χ2v) is 7.88. The van der Waals surface area contributed by atoms with E-state index >= 15 is 0 Å². The second kappa shape index (κ2) is 8.41. The van der Waals surface area contributed by atoms with E-state index in [-0.39, 0.29) is 17.1 Å². The molecule has 1 unspecified atom stereocenters. The molecule has 1 atom stereocenters. The van der Waals surface area contributed by atoms with Gasteiger partial charge in [0.1, 0.15) is 5.75 Å². The molecule has 2 N–H and O–H groups in total. The van der Waals surface area contributed by atoms with Crippen LogP contribution in [0.4, 0.5) is 11.4 Å². The van der Waals surface area contributed by atoms with Crippen molar-refractivity contribution in [2.75, 3.05) is 17.7 Å². The number of ether oxygens (including phenoxy) is 1. The molecule has 1 aliphatic heterocycles. The molecule has 146 valence electrons. The minimum absolute atomic E-state index is 0.0302. The summed E-state index contributed by atoms with van der Waals surface area (Å²) in [4.78, 5) is 26.2. The Labute approximate surface area is 173 Å². The Morgan fingerprint density at radius 2 is 1.66 bits per heavy atom. The highest BCUT2D eigenvalue weighted by atomic mass is 32.2. The molecule has 0 aromatic heterocycles. The Hall–Kier alpha value is -3.25. The van der Waals surface area contributed by atoms with E-state index in [0.29, 0.717) is 22.7 Å². The first-order chi connectivity index (χ1) is 14.1. The fourth-order valence-electron chi connectivity index (χ4n) is 3.20. The summed E-state index contributed by atoms with van der Waals surface area (Å²) in [5.74, 6) is 0.325. The number of carbonyl (C=O) groups is 2. The van der Waals surface area contributed by atoms with E-state index in [1.807, 2.05) is 30.3 Å². The molecule has 0 saturated heterocycles. The van der Waals surface area contributed by atoms with Crippen molar-refractivity contribution in [3.63, 3.8) is 0 Å². The van der Waals surface area contributed by atoms with Gasteiger partial charge in [0.05, 0.1) is 18.0 Å². The maximum Gasteiger partial charge on any atom is 0.255 e. The number of rotatable bonds is 5. The van der Waals surface area contributed by atoms with E-state index in [1.165, 1.54) is 5.56 Å². The molecule has 29 heavy (non-hydrogen) atoms. The number of thioether (sulfide) groups is 1. The van der Waals surface area contributed by atoms with Gasteiger partial charge in [-0.15, -0.1) is 11.8 Å².